The molecular formula is C16H14. The van der Waals surface area contributed by atoms with Crippen LogP contribution in [0.3, 0.4) is 0 Å². The molecule has 0 saturated carbocycles. The molecule has 0 amide bonds. The molecule has 1 aliphatic carbocycles. The molecule has 0 bridgehead atoms. The third-order valence-electron chi connectivity index (χ3n) is 2.62. The molecule has 1 aromatic carbocycles. The normalized spacial score (nSPS) is 13.4. The van der Waals surface area contributed by atoms with Gasteiger partial charge in [-0.05, 0) is 42.7 Å². The Bertz CT molecular complexity index is 553. The van der Waals surface area contributed by atoms with Gasteiger partial charge in [-0.3, -0.25) is 0 Å². The van der Waals surface area contributed by atoms with Gasteiger partial charge in [0.15, 0.2) is 0 Å². The van der Waals surface area contributed by atoms with Crippen LogP contribution in [0.15, 0.2) is 65.6 Å². The Morgan fingerprint density at radius 1 is 1.00 bits per heavy atom. The highest BCUT2D eigenvalue weighted by Crippen LogP contribution is 2.23. The molecule has 0 fully saturated rings. The molecular weight excluding hydrogens is 192 g/mol. The van der Waals surface area contributed by atoms with Crippen molar-refractivity contribution in [1.29, 1.82) is 0 Å². The minimum absolute atomic E-state index is 0.997. The topological polar surface area (TPSA) is 0 Å². The van der Waals surface area contributed by atoms with Crippen molar-refractivity contribution >= 4 is 5.57 Å². The summed E-state index contributed by atoms with van der Waals surface area (Å²) in [6.45, 7) is 8.19. The highest BCUT2D eigenvalue weighted by atomic mass is 14.1. The maximum atomic E-state index is 4.10. The van der Waals surface area contributed by atoms with Gasteiger partial charge in [-0.2, -0.15) is 0 Å². The van der Waals surface area contributed by atoms with E-state index in [-0.39, 0.29) is 0 Å². The summed E-state index contributed by atoms with van der Waals surface area (Å²) in [6.07, 6.45) is 4.07. The van der Waals surface area contributed by atoms with Crippen molar-refractivity contribution in [1.82, 2.24) is 0 Å². The van der Waals surface area contributed by atoms with Crippen molar-refractivity contribution in [3.63, 3.8) is 0 Å². The molecule has 0 unspecified atom stereocenters. The van der Waals surface area contributed by atoms with Gasteiger partial charge in [-0.15, -0.1) is 0 Å². The highest BCUT2D eigenvalue weighted by molar-refractivity contribution is 5.80. The van der Waals surface area contributed by atoms with Gasteiger partial charge in [0.05, 0.1) is 0 Å². The third kappa shape index (κ3) is 2.15. The lowest BCUT2D eigenvalue weighted by Gasteiger charge is -2.06. The van der Waals surface area contributed by atoms with Crippen molar-refractivity contribution in [2.45, 2.75) is 13.8 Å². The van der Waals surface area contributed by atoms with Crippen LogP contribution in [0.2, 0.25) is 0 Å². The van der Waals surface area contributed by atoms with E-state index in [0.717, 1.165) is 22.3 Å². The summed E-state index contributed by atoms with van der Waals surface area (Å²) in [6, 6.07) is 8.37. The summed E-state index contributed by atoms with van der Waals surface area (Å²) in [5.41, 5.74) is 11.7. The van der Waals surface area contributed by atoms with Crippen LogP contribution in [0.4, 0.5) is 0 Å². The second kappa shape index (κ2) is 4.24. The summed E-state index contributed by atoms with van der Waals surface area (Å²) in [5, 5.41) is 0. The summed E-state index contributed by atoms with van der Waals surface area (Å²) in [5.74, 6) is 0. The summed E-state index contributed by atoms with van der Waals surface area (Å²) < 4.78 is 0. The van der Waals surface area contributed by atoms with Crippen LogP contribution in [0, 0.1) is 6.92 Å². The van der Waals surface area contributed by atoms with Crippen LogP contribution in [0.25, 0.3) is 5.57 Å². The fourth-order valence-electron chi connectivity index (χ4n) is 1.54. The third-order valence-corrected chi connectivity index (χ3v) is 2.62. The van der Waals surface area contributed by atoms with Crippen LogP contribution < -0.4 is 0 Å². The van der Waals surface area contributed by atoms with Crippen LogP contribution in [0.5, 0.6) is 0 Å². The van der Waals surface area contributed by atoms with Gasteiger partial charge < -0.3 is 0 Å². The van der Waals surface area contributed by atoms with Gasteiger partial charge in [-0.1, -0.05) is 47.9 Å². The molecule has 0 spiro atoms. The predicted molar refractivity (Wildman–Crippen MR) is 69.1 cm³/mol. The molecule has 0 N–H and O–H groups in total. The number of allylic oxidation sites excluding steroid dienone is 5. The molecule has 0 nitrogen and oxygen atoms in total. The fourth-order valence-corrected chi connectivity index (χ4v) is 1.54. The Balaban J connectivity index is 2.38. The number of aryl methyl sites for hydroxylation is 1. The van der Waals surface area contributed by atoms with Gasteiger partial charge in [0.1, 0.15) is 0 Å². The standard InChI is InChI=1S/C16H14/c1-12-4-8-15(9-5-12)14(3)16-10-6-13(2)7-11-16/h4-6,8-10H,3H2,1-2H3. The Kier molecular flexibility index (Phi) is 2.79. The zero-order chi connectivity index (χ0) is 11.5. The van der Waals surface area contributed by atoms with Crippen LogP contribution >= 0.6 is 0 Å². The Morgan fingerprint density at radius 3 is 2.25 bits per heavy atom. The first-order valence-electron chi connectivity index (χ1n) is 5.34. The van der Waals surface area contributed by atoms with E-state index in [1.54, 1.807) is 0 Å². The van der Waals surface area contributed by atoms with E-state index in [4.69, 9.17) is 0 Å². The summed E-state index contributed by atoms with van der Waals surface area (Å²) >= 11 is 0. The van der Waals surface area contributed by atoms with Gasteiger partial charge in [0.2, 0.25) is 0 Å². The molecule has 78 valence electrons. The van der Waals surface area contributed by atoms with Crippen molar-refractivity contribution in [3.8, 4) is 0 Å². The Morgan fingerprint density at radius 2 is 1.69 bits per heavy atom. The fraction of sp³-hybridized carbons (Fsp3) is 0.125. The Hall–Kier alpha value is -2.00. The zero-order valence-corrected chi connectivity index (χ0v) is 9.67. The minimum Gasteiger partial charge on any atom is -0.0899 e. The molecule has 0 radical (unpaired) electrons. The first-order chi connectivity index (χ1) is 7.66. The van der Waals surface area contributed by atoms with E-state index in [1.807, 2.05) is 19.1 Å². The lowest BCUT2D eigenvalue weighted by atomic mass is 9.97. The molecule has 1 aromatic rings. The summed E-state index contributed by atoms with van der Waals surface area (Å²) in [7, 11) is 0. The number of hydrogen-bond acceptors (Lipinski definition) is 0. The van der Waals surface area contributed by atoms with Crippen molar-refractivity contribution in [3.05, 3.63) is 76.7 Å². The molecule has 0 atom stereocenters. The van der Waals surface area contributed by atoms with Crippen molar-refractivity contribution in [2.75, 3.05) is 0 Å². The molecule has 0 aliphatic heterocycles. The van der Waals surface area contributed by atoms with Gasteiger partial charge in [-0.25, -0.2) is 0 Å². The average Bonchev–Trinajstić information content (AvgIpc) is 2.30. The van der Waals surface area contributed by atoms with Crippen LogP contribution in [-0.4, -0.2) is 0 Å². The second-order valence-electron chi connectivity index (χ2n) is 4.02. The largest absolute Gasteiger partial charge is 0.0899 e. The first kappa shape index (κ1) is 10.5. The second-order valence-corrected chi connectivity index (χ2v) is 4.02. The lowest BCUT2D eigenvalue weighted by molar-refractivity contribution is 1.44. The number of rotatable bonds is 2. The van der Waals surface area contributed by atoms with Crippen molar-refractivity contribution < 1.29 is 0 Å². The average molecular weight is 206 g/mol. The summed E-state index contributed by atoms with van der Waals surface area (Å²) in [4.78, 5) is 0. The van der Waals surface area contributed by atoms with Crippen molar-refractivity contribution in [2.24, 2.45) is 0 Å². The first-order valence-corrected chi connectivity index (χ1v) is 5.34. The predicted octanol–water partition coefficient (Wildman–Crippen LogP) is 4.20. The number of hydrogen-bond donors (Lipinski definition) is 0. The quantitative estimate of drug-likeness (QED) is 0.636. The van der Waals surface area contributed by atoms with E-state index in [9.17, 15) is 0 Å². The maximum Gasteiger partial charge on any atom is 0.0321 e. The van der Waals surface area contributed by atoms with E-state index in [2.05, 4.69) is 49.2 Å². The van der Waals surface area contributed by atoms with E-state index in [1.165, 1.54) is 5.56 Å². The molecule has 2 rings (SSSR count). The SMILES string of the molecule is C=C(C1=C=C=C(C)C=C1)c1ccc(C)cc1. The van der Waals surface area contributed by atoms with Gasteiger partial charge >= 0.3 is 0 Å². The highest BCUT2D eigenvalue weighted by Gasteiger charge is 2.03. The molecule has 0 saturated heterocycles. The molecule has 16 heavy (non-hydrogen) atoms. The zero-order valence-electron chi connectivity index (χ0n) is 9.67. The van der Waals surface area contributed by atoms with E-state index < -0.39 is 0 Å². The molecule has 0 heteroatoms. The lowest BCUT2D eigenvalue weighted by Crippen LogP contribution is -1.87. The molecule has 1 aliphatic rings. The smallest absolute Gasteiger partial charge is 0.0321 e. The van der Waals surface area contributed by atoms with Gasteiger partial charge in [0, 0.05) is 5.57 Å². The molecule has 0 aromatic heterocycles. The number of benzene rings is 1. The van der Waals surface area contributed by atoms with Crippen LogP contribution in [0.1, 0.15) is 18.1 Å². The Labute approximate surface area is 96.6 Å². The maximum absolute atomic E-state index is 4.10. The van der Waals surface area contributed by atoms with E-state index >= 15 is 0 Å². The minimum atomic E-state index is 0.997. The molecule has 0 heterocycles. The monoisotopic (exact) mass is 206 g/mol. The van der Waals surface area contributed by atoms with Gasteiger partial charge in [0.25, 0.3) is 0 Å². The van der Waals surface area contributed by atoms with E-state index in [0.29, 0.717) is 0 Å². The van der Waals surface area contributed by atoms with Crippen LogP contribution in [-0.2, 0) is 0 Å².